The molecule has 156 valence electrons. The number of rotatable bonds is 4. The van der Waals surface area contributed by atoms with Crippen molar-refractivity contribution in [3.8, 4) is 17.0 Å². The predicted octanol–water partition coefficient (Wildman–Crippen LogP) is 5.75. The first-order chi connectivity index (χ1) is 14.4. The number of allylic oxidation sites excluding steroid dienone is 1. The first kappa shape index (κ1) is 20.4. The normalized spacial score (nSPS) is 24.5. The molecule has 3 aromatic rings. The van der Waals surface area contributed by atoms with Gasteiger partial charge >= 0.3 is 0 Å². The molecule has 1 aromatic carbocycles. The monoisotopic (exact) mass is 406 g/mol. The van der Waals surface area contributed by atoms with Gasteiger partial charge < -0.3 is 5.11 Å². The summed E-state index contributed by atoms with van der Waals surface area (Å²) in [7, 11) is 0. The van der Waals surface area contributed by atoms with Crippen molar-refractivity contribution in [2.45, 2.75) is 52.1 Å². The highest BCUT2D eigenvalue weighted by Gasteiger charge is 2.36. The minimum Gasteiger partial charge on any atom is -0.507 e. The van der Waals surface area contributed by atoms with E-state index in [-0.39, 0.29) is 17.1 Å². The van der Waals surface area contributed by atoms with Crippen LogP contribution in [0.5, 0.6) is 5.75 Å². The minimum atomic E-state index is -0.938. The molecule has 5 nitrogen and oxygen atoms in total. The standard InChI is InChI=1S/C24H27FN4O/c1-4-24(3)8-5-6-20(25)19(12-24)15(2)23-27-14-21(28-29-23)18-10-16-7-9-26-13-17(16)11-22(18)30/h7,9-11,13-14,19-20,30H,2,4-6,8,12H2,1,3H3/t19-,20+,24+/m0/s1. The molecule has 0 aliphatic heterocycles. The molecule has 0 bridgehead atoms. The molecule has 0 spiro atoms. The highest BCUT2D eigenvalue weighted by Crippen LogP contribution is 2.45. The van der Waals surface area contributed by atoms with E-state index in [0.717, 1.165) is 36.5 Å². The molecular weight excluding hydrogens is 379 g/mol. The molecule has 4 rings (SSSR count). The van der Waals surface area contributed by atoms with Crippen LogP contribution in [0.15, 0.2) is 43.4 Å². The van der Waals surface area contributed by atoms with Crippen molar-refractivity contribution in [2.24, 2.45) is 11.3 Å². The molecule has 2 heterocycles. The number of aromatic nitrogens is 4. The van der Waals surface area contributed by atoms with Gasteiger partial charge in [0, 0.05) is 29.3 Å². The van der Waals surface area contributed by atoms with Gasteiger partial charge in [-0.15, -0.1) is 10.2 Å². The molecule has 1 aliphatic rings. The molecule has 1 N–H and O–H groups in total. The van der Waals surface area contributed by atoms with Crippen LogP contribution in [0.25, 0.3) is 27.6 Å². The number of pyridine rings is 1. The second-order valence-corrected chi connectivity index (χ2v) is 8.67. The summed E-state index contributed by atoms with van der Waals surface area (Å²) in [5.74, 6) is 0.160. The van der Waals surface area contributed by atoms with Crippen molar-refractivity contribution in [2.75, 3.05) is 0 Å². The molecule has 0 radical (unpaired) electrons. The maximum atomic E-state index is 14.9. The first-order valence-corrected chi connectivity index (χ1v) is 10.5. The van der Waals surface area contributed by atoms with Crippen molar-refractivity contribution >= 4 is 16.3 Å². The number of nitrogens with zero attached hydrogens (tertiary/aromatic N) is 4. The van der Waals surface area contributed by atoms with Gasteiger partial charge in [-0.05, 0) is 60.3 Å². The Labute approximate surface area is 176 Å². The number of hydrogen-bond acceptors (Lipinski definition) is 5. The summed E-state index contributed by atoms with van der Waals surface area (Å²) in [5.41, 5.74) is 1.71. The summed E-state index contributed by atoms with van der Waals surface area (Å²) >= 11 is 0. The van der Waals surface area contributed by atoms with E-state index < -0.39 is 6.17 Å². The maximum Gasteiger partial charge on any atom is 0.177 e. The van der Waals surface area contributed by atoms with E-state index in [2.05, 4.69) is 40.6 Å². The first-order valence-electron chi connectivity index (χ1n) is 10.5. The van der Waals surface area contributed by atoms with Crippen molar-refractivity contribution in [3.05, 3.63) is 49.2 Å². The second-order valence-electron chi connectivity index (χ2n) is 8.67. The van der Waals surface area contributed by atoms with Crippen LogP contribution in [0.4, 0.5) is 4.39 Å². The fraction of sp³-hybridized carbons (Fsp3) is 0.417. The van der Waals surface area contributed by atoms with E-state index in [1.807, 2.05) is 12.1 Å². The van der Waals surface area contributed by atoms with Gasteiger partial charge in [0.1, 0.15) is 17.6 Å². The average molecular weight is 407 g/mol. The molecule has 1 saturated carbocycles. The highest BCUT2D eigenvalue weighted by molar-refractivity contribution is 5.89. The number of halogens is 1. The lowest BCUT2D eigenvalue weighted by Crippen LogP contribution is -2.23. The summed E-state index contributed by atoms with van der Waals surface area (Å²) in [4.78, 5) is 8.50. The van der Waals surface area contributed by atoms with Crippen molar-refractivity contribution < 1.29 is 9.50 Å². The summed E-state index contributed by atoms with van der Waals surface area (Å²) < 4.78 is 14.9. The van der Waals surface area contributed by atoms with Gasteiger partial charge in [0.25, 0.3) is 0 Å². The molecule has 0 amide bonds. The zero-order valence-electron chi connectivity index (χ0n) is 17.5. The Balaban J connectivity index is 1.62. The zero-order chi connectivity index (χ0) is 21.3. The number of phenolic OH excluding ortho intramolecular Hbond substituents is 1. The van der Waals surface area contributed by atoms with Crippen LogP contribution >= 0.6 is 0 Å². The van der Waals surface area contributed by atoms with Crippen LogP contribution in [0.1, 0.15) is 51.8 Å². The van der Waals surface area contributed by atoms with Crippen LogP contribution in [-0.2, 0) is 0 Å². The van der Waals surface area contributed by atoms with Crippen molar-refractivity contribution in [3.63, 3.8) is 0 Å². The molecule has 0 unspecified atom stereocenters. The highest BCUT2D eigenvalue weighted by atomic mass is 19.1. The fourth-order valence-electron chi connectivity index (χ4n) is 4.39. The summed E-state index contributed by atoms with van der Waals surface area (Å²) in [6, 6.07) is 5.35. The van der Waals surface area contributed by atoms with Crippen LogP contribution in [-0.4, -0.2) is 31.4 Å². The molecule has 0 saturated heterocycles. The van der Waals surface area contributed by atoms with E-state index in [1.54, 1.807) is 24.7 Å². The van der Waals surface area contributed by atoms with Gasteiger partial charge in [0.05, 0.1) is 6.20 Å². The Kier molecular flexibility index (Phi) is 5.50. The summed E-state index contributed by atoms with van der Waals surface area (Å²) in [6.07, 6.45) is 8.25. The van der Waals surface area contributed by atoms with E-state index in [0.29, 0.717) is 29.1 Å². The summed E-state index contributed by atoms with van der Waals surface area (Å²) in [6.45, 7) is 8.53. The third kappa shape index (κ3) is 3.91. The topological polar surface area (TPSA) is 71.8 Å². The molecule has 1 aliphatic carbocycles. The SMILES string of the molecule is C=C(c1ncc(-c2cc3ccncc3cc2O)nn1)[C@@H]1C[C@](C)(CC)CCC[C@H]1F. The number of hydrogen-bond donors (Lipinski definition) is 1. The second kappa shape index (κ2) is 8.09. The maximum absolute atomic E-state index is 14.9. The predicted molar refractivity (Wildman–Crippen MR) is 117 cm³/mol. The van der Waals surface area contributed by atoms with E-state index in [9.17, 15) is 9.50 Å². The molecular formula is C24H27FN4O. The van der Waals surface area contributed by atoms with Gasteiger partial charge in [0.15, 0.2) is 5.82 Å². The lowest BCUT2D eigenvalue weighted by Gasteiger charge is -2.31. The fourth-order valence-corrected chi connectivity index (χ4v) is 4.39. The Morgan fingerprint density at radius 3 is 2.83 bits per heavy atom. The molecule has 30 heavy (non-hydrogen) atoms. The number of aromatic hydroxyl groups is 1. The van der Waals surface area contributed by atoms with Crippen LogP contribution in [0, 0.1) is 11.3 Å². The molecule has 6 heteroatoms. The van der Waals surface area contributed by atoms with Crippen molar-refractivity contribution in [1.82, 2.24) is 20.2 Å². The third-order valence-corrected chi connectivity index (χ3v) is 6.59. The minimum absolute atomic E-state index is 0.0875. The van der Waals surface area contributed by atoms with E-state index in [4.69, 9.17) is 0 Å². The van der Waals surface area contributed by atoms with Crippen LogP contribution < -0.4 is 0 Å². The quantitative estimate of drug-likeness (QED) is 0.559. The molecule has 1 fully saturated rings. The number of benzene rings is 1. The van der Waals surface area contributed by atoms with Crippen LogP contribution in [0.2, 0.25) is 0 Å². The Hall–Kier alpha value is -2.89. The van der Waals surface area contributed by atoms with Gasteiger partial charge in [0.2, 0.25) is 0 Å². The smallest absolute Gasteiger partial charge is 0.177 e. The van der Waals surface area contributed by atoms with Gasteiger partial charge in [-0.3, -0.25) is 4.98 Å². The lowest BCUT2D eigenvalue weighted by atomic mass is 9.75. The van der Waals surface area contributed by atoms with Gasteiger partial charge in [-0.25, -0.2) is 9.37 Å². The Morgan fingerprint density at radius 1 is 1.27 bits per heavy atom. The molecule has 3 atom stereocenters. The van der Waals surface area contributed by atoms with Gasteiger partial charge in [-0.2, -0.15) is 0 Å². The number of alkyl halides is 1. The van der Waals surface area contributed by atoms with E-state index >= 15 is 0 Å². The van der Waals surface area contributed by atoms with Crippen LogP contribution in [0.3, 0.4) is 0 Å². The Bertz CT molecular complexity index is 1070. The zero-order valence-corrected chi connectivity index (χ0v) is 17.5. The largest absolute Gasteiger partial charge is 0.507 e. The van der Waals surface area contributed by atoms with Gasteiger partial charge in [-0.1, -0.05) is 26.8 Å². The Morgan fingerprint density at radius 2 is 2.10 bits per heavy atom. The lowest BCUT2D eigenvalue weighted by molar-refractivity contribution is 0.206. The number of fused-ring (bicyclic) bond motifs is 1. The van der Waals surface area contributed by atoms with E-state index in [1.165, 1.54) is 0 Å². The molecule has 2 aromatic heterocycles. The van der Waals surface area contributed by atoms with Crippen molar-refractivity contribution in [1.29, 1.82) is 0 Å². The third-order valence-electron chi connectivity index (χ3n) is 6.59. The number of phenols is 1. The summed E-state index contributed by atoms with van der Waals surface area (Å²) in [5, 5.41) is 20.7. The average Bonchev–Trinajstić information content (AvgIpc) is 2.91.